The average molecular weight is 388 g/mol. The summed E-state index contributed by atoms with van der Waals surface area (Å²) in [6.45, 7) is 0.365. The van der Waals surface area contributed by atoms with Crippen molar-refractivity contribution in [1.29, 1.82) is 0 Å². The Balaban J connectivity index is 1.57. The number of carbonyl (C=O) groups excluding carboxylic acids is 1. The number of amides is 1. The van der Waals surface area contributed by atoms with E-state index >= 15 is 0 Å². The lowest BCUT2D eigenvalue weighted by atomic mass is 10.2. The van der Waals surface area contributed by atoms with Gasteiger partial charge in [0.25, 0.3) is 5.91 Å². The maximum atomic E-state index is 12.1. The van der Waals surface area contributed by atoms with E-state index in [1.807, 2.05) is 35.0 Å². The molecule has 3 aromatic heterocycles. The third-order valence-electron chi connectivity index (χ3n) is 4.31. The van der Waals surface area contributed by atoms with E-state index in [-0.39, 0.29) is 11.7 Å². The number of aromatic nitrogens is 2. The fraction of sp³-hybridized carbons (Fsp3) is 0.0476. The molecule has 0 saturated carbocycles. The van der Waals surface area contributed by atoms with Gasteiger partial charge in [0.15, 0.2) is 0 Å². The monoisotopic (exact) mass is 388 g/mol. The number of fused-ring (bicyclic) bond motifs is 1. The summed E-state index contributed by atoms with van der Waals surface area (Å²) in [5.41, 5.74) is 4.63. The second kappa shape index (κ2) is 7.81. The van der Waals surface area contributed by atoms with Crippen molar-refractivity contribution in [2.45, 2.75) is 6.54 Å². The summed E-state index contributed by atoms with van der Waals surface area (Å²) in [5, 5.41) is 14.0. The third-order valence-corrected chi connectivity index (χ3v) is 4.31. The van der Waals surface area contributed by atoms with E-state index in [2.05, 4.69) is 15.5 Å². The molecule has 0 aliphatic rings. The van der Waals surface area contributed by atoms with Crippen molar-refractivity contribution in [1.82, 2.24) is 15.0 Å². The van der Waals surface area contributed by atoms with Crippen LogP contribution in [0.25, 0.3) is 10.9 Å². The molecule has 144 valence electrons. The van der Waals surface area contributed by atoms with E-state index in [1.54, 1.807) is 30.6 Å². The van der Waals surface area contributed by atoms with Crippen LogP contribution in [0.3, 0.4) is 0 Å². The van der Waals surface area contributed by atoms with Gasteiger partial charge in [-0.3, -0.25) is 9.78 Å². The van der Waals surface area contributed by atoms with Gasteiger partial charge in [-0.25, -0.2) is 10.2 Å². The topological polar surface area (TPSA) is 110 Å². The standard InChI is InChI=1S/C21H16N4O4/c26-20(14-4-3-9-22-10-14)24-23-11-15-12-25(18-6-2-1-5-17(15)18)13-16-7-8-19(29-16)21(27)28/h1-12H,13H2,(H,24,26)(H,27,28)/b23-11-. The smallest absolute Gasteiger partial charge is 0.371 e. The van der Waals surface area contributed by atoms with Crippen molar-refractivity contribution >= 4 is 29.0 Å². The quantitative estimate of drug-likeness (QED) is 0.389. The van der Waals surface area contributed by atoms with Gasteiger partial charge in [0, 0.05) is 35.1 Å². The predicted octanol–water partition coefficient (Wildman–Crippen LogP) is 3.14. The number of carboxylic acids is 1. The van der Waals surface area contributed by atoms with Crippen molar-refractivity contribution in [3.8, 4) is 0 Å². The Bertz CT molecular complexity index is 1210. The summed E-state index contributed by atoms with van der Waals surface area (Å²) in [6.07, 6.45) is 6.49. The first-order chi connectivity index (χ1) is 14.1. The molecule has 0 radical (unpaired) electrons. The molecule has 0 unspecified atom stereocenters. The van der Waals surface area contributed by atoms with Crippen molar-refractivity contribution in [3.63, 3.8) is 0 Å². The molecular weight excluding hydrogens is 372 g/mol. The first-order valence-corrected chi connectivity index (χ1v) is 8.75. The Hall–Kier alpha value is -4.20. The van der Waals surface area contributed by atoms with Crippen LogP contribution in [0.5, 0.6) is 0 Å². The first-order valence-electron chi connectivity index (χ1n) is 8.75. The summed E-state index contributed by atoms with van der Waals surface area (Å²) in [7, 11) is 0. The van der Waals surface area contributed by atoms with Crippen LogP contribution in [0.1, 0.15) is 32.2 Å². The zero-order chi connectivity index (χ0) is 20.2. The van der Waals surface area contributed by atoms with Crippen LogP contribution in [0.15, 0.2) is 76.6 Å². The van der Waals surface area contributed by atoms with Crippen LogP contribution in [0.2, 0.25) is 0 Å². The van der Waals surface area contributed by atoms with Crippen molar-refractivity contribution < 1.29 is 19.1 Å². The Labute approximate surface area is 165 Å². The lowest BCUT2D eigenvalue weighted by Crippen LogP contribution is -2.17. The summed E-state index contributed by atoms with van der Waals surface area (Å²) < 4.78 is 7.29. The number of nitrogens with zero attached hydrogens (tertiary/aromatic N) is 3. The number of furan rings is 1. The van der Waals surface area contributed by atoms with Gasteiger partial charge in [0.05, 0.1) is 18.3 Å². The molecule has 1 aromatic carbocycles. The highest BCUT2D eigenvalue weighted by atomic mass is 16.4. The second-order valence-corrected chi connectivity index (χ2v) is 6.24. The normalized spacial score (nSPS) is 11.2. The fourth-order valence-electron chi connectivity index (χ4n) is 2.98. The molecule has 29 heavy (non-hydrogen) atoms. The lowest BCUT2D eigenvalue weighted by molar-refractivity contribution is 0.0660. The number of benzene rings is 1. The number of rotatable bonds is 6. The molecule has 0 bridgehead atoms. The summed E-state index contributed by atoms with van der Waals surface area (Å²) in [6, 6.07) is 14.1. The fourth-order valence-corrected chi connectivity index (χ4v) is 2.98. The maximum Gasteiger partial charge on any atom is 0.371 e. The number of aromatic carboxylic acids is 1. The molecule has 1 amide bonds. The zero-order valence-corrected chi connectivity index (χ0v) is 15.1. The summed E-state index contributed by atoms with van der Waals surface area (Å²) in [4.78, 5) is 27.0. The molecule has 4 rings (SSSR count). The first kappa shape index (κ1) is 18.2. The van der Waals surface area contributed by atoms with Crippen LogP contribution in [0, 0.1) is 0 Å². The number of carbonyl (C=O) groups is 2. The molecule has 8 nitrogen and oxygen atoms in total. The Morgan fingerprint density at radius 3 is 2.79 bits per heavy atom. The van der Waals surface area contributed by atoms with Crippen LogP contribution in [0.4, 0.5) is 0 Å². The van der Waals surface area contributed by atoms with Gasteiger partial charge in [-0.05, 0) is 30.3 Å². The maximum absolute atomic E-state index is 12.1. The van der Waals surface area contributed by atoms with Gasteiger partial charge in [-0.15, -0.1) is 0 Å². The second-order valence-electron chi connectivity index (χ2n) is 6.24. The molecule has 0 saturated heterocycles. The van der Waals surface area contributed by atoms with E-state index in [0.717, 1.165) is 16.5 Å². The van der Waals surface area contributed by atoms with Gasteiger partial charge in [0.1, 0.15) is 5.76 Å². The Morgan fingerprint density at radius 1 is 1.17 bits per heavy atom. The van der Waals surface area contributed by atoms with E-state index < -0.39 is 5.97 Å². The minimum atomic E-state index is -1.11. The highest BCUT2D eigenvalue weighted by Gasteiger charge is 2.12. The highest BCUT2D eigenvalue weighted by molar-refractivity contribution is 6.00. The molecule has 0 aliphatic carbocycles. The van der Waals surface area contributed by atoms with Gasteiger partial charge < -0.3 is 14.1 Å². The third kappa shape index (κ3) is 3.91. The molecule has 0 spiro atoms. The molecule has 0 atom stereocenters. The van der Waals surface area contributed by atoms with Crippen LogP contribution in [-0.4, -0.2) is 32.7 Å². The largest absolute Gasteiger partial charge is 0.475 e. The molecule has 0 aliphatic heterocycles. The SMILES string of the molecule is O=C(N/N=C\c1cn(Cc2ccc(C(=O)O)o2)c2ccccc12)c1cccnc1. The highest BCUT2D eigenvalue weighted by Crippen LogP contribution is 2.22. The van der Waals surface area contributed by atoms with Crippen molar-refractivity contribution in [2.24, 2.45) is 5.10 Å². The minimum absolute atomic E-state index is 0.101. The number of pyridine rings is 1. The van der Waals surface area contributed by atoms with Crippen LogP contribution < -0.4 is 5.43 Å². The predicted molar refractivity (Wildman–Crippen MR) is 106 cm³/mol. The minimum Gasteiger partial charge on any atom is -0.475 e. The van der Waals surface area contributed by atoms with Gasteiger partial charge in [0.2, 0.25) is 5.76 Å². The number of carboxylic acid groups (broad SMARTS) is 1. The number of nitrogens with one attached hydrogen (secondary N) is 1. The Morgan fingerprint density at radius 2 is 2.03 bits per heavy atom. The summed E-state index contributed by atoms with van der Waals surface area (Å²) in [5.74, 6) is -1.03. The average Bonchev–Trinajstić information content (AvgIpc) is 3.35. The van der Waals surface area contributed by atoms with E-state index in [0.29, 0.717) is 17.9 Å². The van der Waals surface area contributed by atoms with E-state index in [4.69, 9.17) is 9.52 Å². The number of hydrazone groups is 1. The molecule has 3 heterocycles. The molecular formula is C21H16N4O4. The Kier molecular flexibility index (Phi) is 4.90. The number of para-hydroxylation sites is 1. The lowest BCUT2D eigenvalue weighted by Gasteiger charge is -2.02. The van der Waals surface area contributed by atoms with Crippen molar-refractivity contribution in [2.75, 3.05) is 0 Å². The van der Waals surface area contributed by atoms with Gasteiger partial charge >= 0.3 is 5.97 Å². The molecule has 2 N–H and O–H groups in total. The van der Waals surface area contributed by atoms with Crippen molar-refractivity contribution in [3.05, 3.63) is 89.8 Å². The van der Waals surface area contributed by atoms with E-state index in [9.17, 15) is 9.59 Å². The van der Waals surface area contributed by atoms with E-state index in [1.165, 1.54) is 12.3 Å². The van der Waals surface area contributed by atoms with Gasteiger partial charge in [-0.2, -0.15) is 5.10 Å². The summed E-state index contributed by atoms with van der Waals surface area (Å²) >= 11 is 0. The molecule has 8 heteroatoms. The molecule has 0 fully saturated rings. The number of hydrogen-bond acceptors (Lipinski definition) is 5. The van der Waals surface area contributed by atoms with Crippen LogP contribution in [-0.2, 0) is 6.54 Å². The zero-order valence-electron chi connectivity index (χ0n) is 15.1. The number of hydrogen-bond donors (Lipinski definition) is 2. The van der Waals surface area contributed by atoms with Crippen LogP contribution >= 0.6 is 0 Å². The van der Waals surface area contributed by atoms with Gasteiger partial charge in [-0.1, -0.05) is 18.2 Å². The molecule has 4 aromatic rings.